The topological polar surface area (TPSA) is 75.4 Å². The highest BCUT2D eigenvalue weighted by atomic mass is 32.1. The van der Waals surface area contributed by atoms with E-state index in [1.165, 1.54) is 11.0 Å². The van der Waals surface area contributed by atoms with Crippen molar-refractivity contribution in [1.82, 2.24) is 9.88 Å². The van der Waals surface area contributed by atoms with Gasteiger partial charge in [-0.05, 0) is 61.7 Å². The van der Waals surface area contributed by atoms with Crippen LogP contribution in [-0.4, -0.2) is 34.8 Å². The number of aromatic nitrogens is 1. The second-order valence-electron chi connectivity index (χ2n) is 8.07. The number of thiazole rings is 1. The van der Waals surface area contributed by atoms with E-state index in [1.54, 1.807) is 29.5 Å². The number of nitrogens with one attached hydrogen (secondary N) is 1. The molecule has 3 heterocycles. The Balaban J connectivity index is 1.33. The van der Waals surface area contributed by atoms with E-state index in [0.717, 1.165) is 35.5 Å². The SMILES string of the molecule is Cc1ccc(C(=O)N2CCCC(c3nc4ccccc4s3)C2)cc1NC(=O)c1ccco1. The first kappa shape index (κ1) is 20.5. The summed E-state index contributed by atoms with van der Waals surface area (Å²) in [6.07, 6.45) is 3.43. The Hall–Kier alpha value is -3.45. The molecule has 1 aliphatic rings. The summed E-state index contributed by atoms with van der Waals surface area (Å²) in [5.74, 6) is 0.116. The molecule has 0 bridgehead atoms. The van der Waals surface area contributed by atoms with Crippen LogP contribution >= 0.6 is 11.3 Å². The number of amides is 2. The number of carbonyl (C=O) groups excluding carboxylic acids is 2. The quantitative estimate of drug-likeness (QED) is 0.452. The Bertz CT molecular complexity index is 1250. The number of hydrogen-bond donors (Lipinski definition) is 1. The zero-order valence-electron chi connectivity index (χ0n) is 17.7. The molecule has 6 nitrogen and oxygen atoms in total. The van der Waals surface area contributed by atoms with Gasteiger partial charge in [-0.15, -0.1) is 11.3 Å². The molecule has 1 aliphatic heterocycles. The summed E-state index contributed by atoms with van der Waals surface area (Å²) in [7, 11) is 0. The van der Waals surface area contributed by atoms with Crippen LogP contribution in [0, 0.1) is 6.92 Å². The molecule has 4 aromatic rings. The van der Waals surface area contributed by atoms with Crippen LogP contribution in [0.2, 0.25) is 0 Å². The second kappa shape index (κ2) is 8.59. The number of para-hydroxylation sites is 1. The number of carbonyl (C=O) groups is 2. The number of nitrogens with zero attached hydrogens (tertiary/aromatic N) is 2. The van der Waals surface area contributed by atoms with E-state index in [1.807, 2.05) is 42.2 Å². The molecule has 5 rings (SSSR count). The lowest BCUT2D eigenvalue weighted by molar-refractivity contribution is 0.0707. The van der Waals surface area contributed by atoms with Crippen LogP contribution < -0.4 is 5.32 Å². The second-order valence-corrected chi connectivity index (χ2v) is 9.13. The number of furan rings is 1. The van der Waals surface area contributed by atoms with Gasteiger partial charge in [0.15, 0.2) is 5.76 Å². The van der Waals surface area contributed by atoms with Gasteiger partial charge >= 0.3 is 0 Å². The first-order valence-electron chi connectivity index (χ1n) is 10.7. The van der Waals surface area contributed by atoms with Gasteiger partial charge in [0.1, 0.15) is 0 Å². The lowest BCUT2D eigenvalue weighted by Crippen LogP contribution is -2.39. The van der Waals surface area contributed by atoms with Crippen LogP contribution in [0.25, 0.3) is 10.2 Å². The van der Waals surface area contributed by atoms with E-state index in [2.05, 4.69) is 11.4 Å². The predicted molar refractivity (Wildman–Crippen MR) is 125 cm³/mol. The van der Waals surface area contributed by atoms with E-state index in [0.29, 0.717) is 17.8 Å². The molecule has 0 aliphatic carbocycles. The van der Waals surface area contributed by atoms with Crippen LogP contribution in [0.4, 0.5) is 5.69 Å². The normalized spacial score (nSPS) is 16.3. The number of fused-ring (bicyclic) bond motifs is 1. The Morgan fingerprint density at radius 2 is 2.03 bits per heavy atom. The summed E-state index contributed by atoms with van der Waals surface area (Å²) < 4.78 is 6.35. The smallest absolute Gasteiger partial charge is 0.291 e. The molecule has 0 radical (unpaired) electrons. The molecule has 1 fully saturated rings. The van der Waals surface area contributed by atoms with Gasteiger partial charge in [-0.1, -0.05) is 18.2 Å². The highest BCUT2D eigenvalue weighted by molar-refractivity contribution is 7.18. The molecular formula is C25H23N3O3S. The molecule has 32 heavy (non-hydrogen) atoms. The number of benzene rings is 2. The van der Waals surface area contributed by atoms with E-state index in [4.69, 9.17) is 9.40 Å². The number of anilines is 1. The first-order chi connectivity index (χ1) is 15.6. The van der Waals surface area contributed by atoms with Crippen LogP contribution in [0.15, 0.2) is 65.3 Å². The zero-order valence-corrected chi connectivity index (χ0v) is 18.5. The largest absolute Gasteiger partial charge is 0.459 e. The number of hydrogen-bond acceptors (Lipinski definition) is 5. The summed E-state index contributed by atoms with van der Waals surface area (Å²) in [4.78, 5) is 32.4. The first-order valence-corrected chi connectivity index (χ1v) is 11.5. The van der Waals surface area contributed by atoms with Gasteiger partial charge in [0.25, 0.3) is 11.8 Å². The van der Waals surface area contributed by atoms with Crippen molar-refractivity contribution in [2.75, 3.05) is 18.4 Å². The standard InChI is InChI=1S/C25H23N3O3S/c1-16-10-11-17(14-20(16)26-23(29)21-8-5-13-31-21)25(30)28-12-4-6-18(15-28)24-27-19-7-2-3-9-22(19)32-24/h2-3,5,7-11,13-14,18H,4,6,12,15H2,1H3,(H,26,29). The van der Waals surface area contributed by atoms with Crippen molar-refractivity contribution in [2.45, 2.75) is 25.7 Å². The van der Waals surface area contributed by atoms with Gasteiger partial charge in [-0.2, -0.15) is 0 Å². The number of rotatable bonds is 4. The third-order valence-electron chi connectivity index (χ3n) is 5.85. The molecule has 0 saturated carbocycles. The molecule has 0 spiro atoms. The molecule has 1 N–H and O–H groups in total. The summed E-state index contributed by atoms with van der Waals surface area (Å²) in [5.41, 5.74) is 3.08. The molecular weight excluding hydrogens is 422 g/mol. The number of piperidine rings is 1. The highest BCUT2D eigenvalue weighted by Crippen LogP contribution is 2.33. The molecule has 162 valence electrons. The van der Waals surface area contributed by atoms with Crippen LogP contribution in [0.1, 0.15) is 50.2 Å². The van der Waals surface area contributed by atoms with Crippen molar-refractivity contribution in [3.63, 3.8) is 0 Å². The number of likely N-dealkylation sites (tertiary alicyclic amines) is 1. The molecule has 2 amide bonds. The van der Waals surface area contributed by atoms with E-state index >= 15 is 0 Å². The summed E-state index contributed by atoms with van der Waals surface area (Å²) >= 11 is 1.72. The van der Waals surface area contributed by atoms with Crippen molar-refractivity contribution in [3.05, 3.63) is 82.8 Å². The molecule has 1 atom stereocenters. The van der Waals surface area contributed by atoms with Gasteiger partial charge < -0.3 is 14.6 Å². The van der Waals surface area contributed by atoms with Crippen LogP contribution in [0.5, 0.6) is 0 Å². The van der Waals surface area contributed by atoms with Crippen molar-refractivity contribution in [1.29, 1.82) is 0 Å². The maximum Gasteiger partial charge on any atom is 0.291 e. The van der Waals surface area contributed by atoms with Gasteiger partial charge in [0.05, 0.1) is 21.5 Å². The lowest BCUT2D eigenvalue weighted by Gasteiger charge is -2.32. The fourth-order valence-electron chi connectivity index (χ4n) is 4.09. The minimum Gasteiger partial charge on any atom is -0.459 e. The molecule has 2 aromatic carbocycles. The Morgan fingerprint density at radius 3 is 2.84 bits per heavy atom. The molecule has 2 aromatic heterocycles. The highest BCUT2D eigenvalue weighted by Gasteiger charge is 2.28. The monoisotopic (exact) mass is 445 g/mol. The van der Waals surface area contributed by atoms with E-state index < -0.39 is 0 Å². The van der Waals surface area contributed by atoms with Gasteiger partial charge in [0.2, 0.25) is 0 Å². The predicted octanol–water partition coefficient (Wildman–Crippen LogP) is 5.47. The van der Waals surface area contributed by atoms with Crippen molar-refractivity contribution >= 4 is 39.1 Å². The van der Waals surface area contributed by atoms with Crippen LogP contribution in [0.3, 0.4) is 0 Å². The summed E-state index contributed by atoms with van der Waals surface area (Å²) in [5, 5.41) is 3.94. The van der Waals surface area contributed by atoms with Crippen molar-refractivity contribution in [3.8, 4) is 0 Å². The van der Waals surface area contributed by atoms with Crippen molar-refractivity contribution < 1.29 is 14.0 Å². The lowest BCUT2D eigenvalue weighted by atomic mass is 9.97. The molecule has 1 unspecified atom stereocenters. The average Bonchev–Trinajstić information content (AvgIpc) is 3.50. The fraction of sp³-hybridized carbons (Fsp3) is 0.240. The van der Waals surface area contributed by atoms with Gasteiger partial charge in [-0.25, -0.2) is 4.98 Å². The average molecular weight is 446 g/mol. The Morgan fingerprint density at radius 1 is 1.16 bits per heavy atom. The maximum atomic E-state index is 13.3. The minimum atomic E-state index is -0.337. The van der Waals surface area contributed by atoms with Gasteiger partial charge in [-0.3, -0.25) is 9.59 Å². The minimum absolute atomic E-state index is 0.0238. The third-order valence-corrected chi connectivity index (χ3v) is 7.04. The van der Waals surface area contributed by atoms with E-state index in [9.17, 15) is 9.59 Å². The van der Waals surface area contributed by atoms with E-state index in [-0.39, 0.29) is 23.5 Å². The Kier molecular flexibility index (Phi) is 5.49. The summed E-state index contributed by atoms with van der Waals surface area (Å²) in [6.45, 7) is 3.28. The van der Waals surface area contributed by atoms with Gasteiger partial charge in [0, 0.05) is 30.3 Å². The zero-order chi connectivity index (χ0) is 22.1. The Labute approximate surface area is 189 Å². The number of aryl methyl sites for hydroxylation is 1. The third kappa shape index (κ3) is 4.03. The molecule has 1 saturated heterocycles. The summed E-state index contributed by atoms with van der Waals surface area (Å²) in [6, 6.07) is 16.9. The van der Waals surface area contributed by atoms with Crippen molar-refractivity contribution in [2.24, 2.45) is 0 Å². The maximum absolute atomic E-state index is 13.3. The fourth-order valence-corrected chi connectivity index (χ4v) is 5.19. The van der Waals surface area contributed by atoms with Crippen LogP contribution in [-0.2, 0) is 0 Å². The molecule has 7 heteroatoms.